The molecular weight excluding hydrogens is 204 g/mol. The van der Waals surface area contributed by atoms with E-state index in [9.17, 15) is 0 Å². The minimum absolute atomic E-state index is 0.340. The van der Waals surface area contributed by atoms with Gasteiger partial charge in [0.1, 0.15) is 6.07 Å². The number of rotatable bonds is 6. The third-order valence-corrected chi connectivity index (χ3v) is 2.00. The molecule has 5 nitrogen and oxygen atoms in total. The Labute approximate surface area is 95.1 Å². The van der Waals surface area contributed by atoms with E-state index in [0.717, 1.165) is 12.2 Å². The molecule has 1 rings (SSSR count). The van der Waals surface area contributed by atoms with E-state index < -0.39 is 0 Å². The molecule has 1 aromatic rings. The lowest BCUT2D eigenvalue weighted by molar-refractivity contribution is 0.192. The predicted molar refractivity (Wildman–Crippen MR) is 62.0 cm³/mol. The third-order valence-electron chi connectivity index (χ3n) is 2.00. The summed E-state index contributed by atoms with van der Waals surface area (Å²) in [6.07, 6.45) is 2.89. The van der Waals surface area contributed by atoms with Crippen LogP contribution in [0.1, 0.15) is 12.5 Å². The standard InChI is InChI=1S/C11H16N4O/c1-9(16)7-14-4-5-15-11-8-13-3-2-10(11)6-12/h2-3,8-9,14-16H,4-5,7H2,1H3. The first-order chi connectivity index (χ1) is 7.74. The quantitative estimate of drug-likeness (QED) is 0.602. The molecule has 0 bridgehead atoms. The van der Waals surface area contributed by atoms with Gasteiger partial charge in [-0.1, -0.05) is 0 Å². The van der Waals surface area contributed by atoms with E-state index in [4.69, 9.17) is 10.4 Å². The average molecular weight is 220 g/mol. The molecule has 1 unspecified atom stereocenters. The van der Waals surface area contributed by atoms with Crippen molar-refractivity contribution >= 4 is 5.69 Å². The summed E-state index contributed by atoms with van der Waals surface area (Å²) in [6, 6.07) is 3.76. The van der Waals surface area contributed by atoms with Crippen LogP contribution in [0.3, 0.4) is 0 Å². The van der Waals surface area contributed by atoms with E-state index in [1.807, 2.05) is 0 Å². The lowest BCUT2D eigenvalue weighted by atomic mass is 10.2. The molecule has 3 N–H and O–H groups in total. The van der Waals surface area contributed by atoms with Crippen molar-refractivity contribution in [3.8, 4) is 6.07 Å². The molecule has 5 heteroatoms. The first-order valence-corrected chi connectivity index (χ1v) is 5.21. The number of aliphatic hydroxyl groups is 1. The van der Waals surface area contributed by atoms with Crippen molar-refractivity contribution in [1.82, 2.24) is 10.3 Å². The van der Waals surface area contributed by atoms with Crippen molar-refractivity contribution in [2.45, 2.75) is 13.0 Å². The van der Waals surface area contributed by atoms with Gasteiger partial charge in [0.2, 0.25) is 0 Å². The van der Waals surface area contributed by atoms with Crippen LogP contribution >= 0.6 is 0 Å². The lowest BCUT2D eigenvalue weighted by Crippen LogP contribution is -2.29. The first-order valence-electron chi connectivity index (χ1n) is 5.21. The number of hydrogen-bond acceptors (Lipinski definition) is 5. The highest BCUT2D eigenvalue weighted by molar-refractivity contribution is 5.55. The Balaban J connectivity index is 2.30. The molecule has 0 fully saturated rings. The molecule has 0 aromatic carbocycles. The van der Waals surface area contributed by atoms with Gasteiger partial charge in [-0.2, -0.15) is 5.26 Å². The molecule has 0 aliphatic carbocycles. The largest absolute Gasteiger partial charge is 0.392 e. The summed E-state index contributed by atoms with van der Waals surface area (Å²) >= 11 is 0. The number of hydrogen-bond donors (Lipinski definition) is 3. The zero-order valence-corrected chi connectivity index (χ0v) is 9.27. The van der Waals surface area contributed by atoms with Crippen molar-refractivity contribution in [3.05, 3.63) is 24.0 Å². The molecule has 0 saturated heterocycles. The van der Waals surface area contributed by atoms with Crippen LogP contribution < -0.4 is 10.6 Å². The van der Waals surface area contributed by atoms with Gasteiger partial charge in [0.25, 0.3) is 0 Å². The Morgan fingerprint density at radius 3 is 3.06 bits per heavy atom. The van der Waals surface area contributed by atoms with Crippen LogP contribution in [0.25, 0.3) is 0 Å². The Morgan fingerprint density at radius 2 is 2.38 bits per heavy atom. The maximum absolute atomic E-state index is 9.01. The van der Waals surface area contributed by atoms with Crippen LogP contribution in [0.15, 0.2) is 18.5 Å². The number of pyridine rings is 1. The number of nitrogens with zero attached hydrogens (tertiary/aromatic N) is 2. The van der Waals surface area contributed by atoms with Gasteiger partial charge in [-0.15, -0.1) is 0 Å². The topological polar surface area (TPSA) is 81.0 Å². The fraction of sp³-hybridized carbons (Fsp3) is 0.455. The van der Waals surface area contributed by atoms with Crippen molar-refractivity contribution in [3.63, 3.8) is 0 Å². The van der Waals surface area contributed by atoms with Gasteiger partial charge in [0, 0.05) is 25.8 Å². The summed E-state index contributed by atoms with van der Waals surface area (Å²) in [7, 11) is 0. The second-order valence-electron chi connectivity index (χ2n) is 3.51. The van der Waals surface area contributed by atoms with Crippen molar-refractivity contribution in [1.29, 1.82) is 5.26 Å². The number of anilines is 1. The Morgan fingerprint density at radius 1 is 1.56 bits per heavy atom. The minimum Gasteiger partial charge on any atom is -0.392 e. The number of aliphatic hydroxyl groups excluding tert-OH is 1. The molecule has 86 valence electrons. The van der Waals surface area contributed by atoms with E-state index in [1.165, 1.54) is 0 Å². The molecule has 1 atom stereocenters. The van der Waals surface area contributed by atoms with Gasteiger partial charge < -0.3 is 15.7 Å². The number of nitrogens with one attached hydrogen (secondary N) is 2. The molecule has 16 heavy (non-hydrogen) atoms. The predicted octanol–water partition coefficient (Wildman–Crippen LogP) is 0.336. The zero-order chi connectivity index (χ0) is 11.8. The third kappa shape index (κ3) is 4.26. The van der Waals surface area contributed by atoms with E-state index >= 15 is 0 Å². The van der Waals surface area contributed by atoms with Gasteiger partial charge in [0.05, 0.1) is 23.6 Å². The summed E-state index contributed by atoms with van der Waals surface area (Å²) in [4.78, 5) is 3.95. The van der Waals surface area contributed by atoms with Crippen molar-refractivity contribution < 1.29 is 5.11 Å². The molecular formula is C11H16N4O. The van der Waals surface area contributed by atoms with Crippen LogP contribution in [0.4, 0.5) is 5.69 Å². The van der Waals surface area contributed by atoms with Gasteiger partial charge in [-0.05, 0) is 13.0 Å². The summed E-state index contributed by atoms with van der Waals surface area (Å²) < 4.78 is 0. The first kappa shape index (κ1) is 12.4. The maximum Gasteiger partial charge on any atom is 0.101 e. The number of aromatic nitrogens is 1. The molecule has 0 aliphatic heterocycles. The molecule has 1 heterocycles. The second kappa shape index (κ2) is 6.77. The smallest absolute Gasteiger partial charge is 0.101 e. The summed E-state index contributed by atoms with van der Waals surface area (Å²) in [5.74, 6) is 0. The van der Waals surface area contributed by atoms with Crippen LogP contribution in [0.5, 0.6) is 0 Å². The van der Waals surface area contributed by atoms with Gasteiger partial charge in [-0.25, -0.2) is 0 Å². The second-order valence-corrected chi connectivity index (χ2v) is 3.51. The molecule has 0 amide bonds. The fourth-order valence-electron chi connectivity index (χ4n) is 1.23. The van der Waals surface area contributed by atoms with Gasteiger partial charge in [0.15, 0.2) is 0 Å². The highest BCUT2D eigenvalue weighted by Gasteiger charge is 1.99. The molecule has 0 aliphatic rings. The fourth-order valence-corrected chi connectivity index (χ4v) is 1.23. The monoisotopic (exact) mass is 220 g/mol. The maximum atomic E-state index is 9.01. The summed E-state index contributed by atoms with van der Waals surface area (Å²) in [5.41, 5.74) is 1.33. The van der Waals surface area contributed by atoms with E-state index in [2.05, 4.69) is 21.7 Å². The normalized spacial score (nSPS) is 11.8. The zero-order valence-electron chi connectivity index (χ0n) is 9.27. The molecule has 0 spiro atoms. The highest BCUT2D eigenvalue weighted by Crippen LogP contribution is 2.10. The van der Waals surface area contributed by atoms with Crippen LogP contribution in [-0.2, 0) is 0 Å². The van der Waals surface area contributed by atoms with Crippen molar-refractivity contribution in [2.75, 3.05) is 25.0 Å². The van der Waals surface area contributed by atoms with Crippen LogP contribution in [0, 0.1) is 11.3 Å². The Kier molecular flexibility index (Phi) is 5.26. The Hall–Kier alpha value is -1.64. The number of nitriles is 1. The van der Waals surface area contributed by atoms with Crippen LogP contribution in [0.2, 0.25) is 0 Å². The Bertz CT molecular complexity index is 359. The molecule has 1 aromatic heterocycles. The van der Waals surface area contributed by atoms with Gasteiger partial charge >= 0.3 is 0 Å². The lowest BCUT2D eigenvalue weighted by Gasteiger charge is -2.09. The average Bonchev–Trinajstić information content (AvgIpc) is 2.29. The van der Waals surface area contributed by atoms with Crippen molar-refractivity contribution in [2.24, 2.45) is 0 Å². The summed E-state index contributed by atoms with van der Waals surface area (Å²) in [6.45, 7) is 3.72. The SMILES string of the molecule is CC(O)CNCCNc1cnccc1C#N. The van der Waals surface area contributed by atoms with Crippen LogP contribution in [-0.4, -0.2) is 35.8 Å². The van der Waals surface area contributed by atoms with E-state index in [-0.39, 0.29) is 6.10 Å². The highest BCUT2D eigenvalue weighted by atomic mass is 16.3. The van der Waals surface area contributed by atoms with E-state index in [0.29, 0.717) is 18.7 Å². The molecule has 0 saturated carbocycles. The minimum atomic E-state index is -0.340. The molecule has 0 radical (unpaired) electrons. The van der Waals surface area contributed by atoms with Gasteiger partial charge in [-0.3, -0.25) is 4.98 Å². The summed E-state index contributed by atoms with van der Waals surface area (Å²) in [5, 5.41) is 24.0. The van der Waals surface area contributed by atoms with E-state index in [1.54, 1.807) is 25.4 Å².